The molecule has 1 N–H and O–H groups in total. The van der Waals surface area contributed by atoms with E-state index in [1.54, 1.807) is 0 Å². The minimum absolute atomic E-state index is 0.0360. The molecule has 1 fully saturated rings. The third-order valence-corrected chi connectivity index (χ3v) is 2.08. The van der Waals surface area contributed by atoms with Gasteiger partial charge in [-0.2, -0.15) is 0 Å². The Balaban J connectivity index is 2.47. The minimum atomic E-state index is -1.08. The van der Waals surface area contributed by atoms with Crippen molar-refractivity contribution < 1.29 is 29.1 Å². The number of ether oxygens (including phenoxy) is 1. The molecule has 0 bridgehead atoms. The molecule has 1 unspecified atom stereocenters. The number of morpholine rings is 1. The SMILES string of the molecule is CON(C)OC(=O)C1CN(C(=O)O)CCO1. The molecule has 1 aliphatic heterocycles. The van der Waals surface area contributed by atoms with Crippen LogP contribution in [0.2, 0.25) is 0 Å². The highest BCUT2D eigenvalue weighted by atomic mass is 17.0. The van der Waals surface area contributed by atoms with Gasteiger partial charge in [-0.3, -0.25) is 4.84 Å². The lowest BCUT2D eigenvalue weighted by Crippen LogP contribution is -2.49. The molecule has 0 aromatic carbocycles. The molecule has 1 aliphatic rings. The first-order valence-electron chi connectivity index (χ1n) is 4.63. The highest BCUT2D eigenvalue weighted by Crippen LogP contribution is 2.07. The summed E-state index contributed by atoms with van der Waals surface area (Å²) in [6.07, 6.45) is -2.00. The van der Waals surface area contributed by atoms with Crippen molar-refractivity contribution in [2.24, 2.45) is 0 Å². The van der Waals surface area contributed by atoms with Crippen LogP contribution in [0.4, 0.5) is 4.79 Å². The summed E-state index contributed by atoms with van der Waals surface area (Å²) in [5, 5.41) is 9.62. The lowest BCUT2D eigenvalue weighted by atomic mass is 10.3. The average Bonchev–Trinajstić information content (AvgIpc) is 2.28. The van der Waals surface area contributed by atoms with E-state index in [-0.39, 0.29) is 19.7 Å². The Morgan fingerprint density at radius 3 is 2.81 bits per heavy atom. The summed E-state index contributed by atoms with van der Waals surface area (Å²) in [6.45, 7) is 0.383. The van der Waals surface area contributed by atoms with Gasteiger partial charge in [-0.05, 0) is 5.23 Å². The van der Waals surface area contributed by atoms with Crippen LogP contribution in [0.1, 0.15) is 0 Å². The predicted molar refractivity (Wildman–Crippen MR) is 50.2 cm³/mol. The van der Waals surface area contributed by atoms with E-state index in [0.717, 1.165) is 10.1 Å². The number of carbonyl (C=O) groups is 2. The van der Waals surface area contributed by atoms with E-state index in [0.29, 0.717) is 0 Å². The van der Waals surface area contributed by atoms with Crippen LogP contribution in [0.15, 0.2) is 0 Å². The highest BCUT2D eigenvalue weighted by molar-refractivity contribution is 5.76. The summed E-state index contributed by atoms with van der Waals surface area (Å²) in [7, 11) is 2.73. The van der Waals surface area contributed by atoms with Gasteiger partial charge in [0.1, 0.15) is 0 Å². The minimum Gasteiger partial charge on any atom is -0.465 e. The number of hydroxylamine groups is 2. The number of carbonyl (C=O) groups excluding carboxylic acids is 1. The molecule has 1 rings (SSSR count). The van der Waals surface area contributed by atoms with Crippen molar-refractivity contribution >= 4 is 12.1 Å². The molecular weight excluding hydrogens is 220 g/mol. The highest BCUT2D eigenvalue weighted by Gasteiger charge is 2.31. The van der Waals surface area contributed by atoms with E-state index in [1.807, 2.05) is 0 Å². The average molecular weight is 234 g/mol. The smallest absolute Gasteiger partial charge is 0.407 e. The van der Waals surface area contributed by atoms with Gasteiger partial charge in [0, 0.05) is 6.54 Å². The van der Waals surface area contributed by atoms with Crippen molar-refractivity contribution in [1.29, 1.82) is 0 Å². The van der Waals surface area contributed by atoms with Crippen molar-refractivity contribution in [3.05, 3.63) is 0 Å². The van der Waals surface area contributed by atoms with Crippen LogP contribution in [0, 0.1) is 0 Å². The second-order valence-electron chi connectivity index (χ2n) is 3.12. The molecule has 1 atom stereocenters. The first-order valence-corrected chi connectivity index (χ1v) is 4.63. The molecule has 8 nitrogen and oxygen atoms in total. The maximum absolute atomic E-state index is 11.4. The van der Waals surface area contributed by atoms with Crippen LogP contribution in [0.3, 0.4) is 0 Å². The summed E-state index contributed by atoms with van der Waals surface area (Å²) in [5.41, 5.74) is 0. The van der Waals surface area contributed by atoms with E-state index < -0.39 is 18.2 Å². The molecule has 1 amide bonds. The molecular formula is C8H14N2O6. The number of carboxylic acid groups (broad SMARTS) is 1. The fourth-order valence-electron chi connectivity index (χ4n) is 1.19. The van der Waals surface area contributed by atoms with Crippen molar-refractivity contribution in [1.82, 2.24) is 10.1 Å². The van der Waals surface area contributed by atoms with Crippen LogP contribution in [0.5, 0.6) is 0 Å². The van der Waals surface area contributed by atoms with Crippen LogP contribution in [-0.4, -0.2) is 67.3 Å². The fourth-order valence-corrected chi connectivity index (χ4v) is 1.19. The first kappa shape index (κ1) is 12.7. The van der Waals surface area contributed by atoms with Gasteiger partial charge in [-0.25, -0.2) is 9.59 Å². The van der Waals surface area contributed by atoms with Gasteiger partial charge < -0.3 is 19.6 Å². The lowest BCUT2D eigenvalue weighted by molar-refractivity contribution is -0.323. The zero-order valence-electron chi connectivity index (χ0n) is 9.08. The fraction of sp³-hybridized carbons (Fsp3) is 0.750. The Morgan fingerprint density at radius 2 is 2.25 bits per heavy atom. The number of rotatable bonds is 3. The molecule has 0 aromatic rings. The van der Waals surface area contributed by atoms with Gasteiger partial charge in [0.25, 0.3) is 0 Å². The first-order chi connectivity index (χ1) is 7.54. The van der Waals surface area contributed by atoms with Crippen LogP contribution in [0.25, 0.3) is 0 Å². The summed E-state index contributed by atoms with van der Waals surface area (Å²) in [5.74, 6) is -0.685. The summed E-state index contributed by atoms with van der Waals surface area (Å²) in [4.78, 5) is 32.5. The molecule has 16 heavy (non-hydrogen) atoms. The molecule has 0 aliphatic carbocycles. The van der Waals surface area contributed by atoms with Gasteiger partial charge in [0.2, 0.25) is 0 Å². The van der Waals surface area contributed by atoms with Gasteiger partial charge >= 0.3 is 12.1 Å². The van der Waals surface area contributed by atoms with Crippen molar-refractivity contribution in [3.63, 3.8) is 0 Å². The zero-order valence-corrected chi connectivity index (χ0v) is 9.08. The number of amides is 1. The van der Waals surface area contributed by atoms with Gasteiger partial charge in [0.05, 0.1) is 27.3 Å². The van der Waals surface area contributed by atoms with Crippen molar-refractivity contribution in [2.75, 3.05) is 33.9 Å². The number of hydrogen-bond acceptors (Lipinski definition) is 6. The number of hydrogen-bond donors (Lipinski definition) is 1. The Bertz CT molecular complexity index is 271. The third kappa shape index (κ3) is 3.33. The van der Waals surface area contributed by atoms with Crippen molar-refractivity contribution in [2.45, 2.75) is 6.10 Å². The lowest BCUT2D eigenvalue weighted by Gasteiger charge is -2.29. The molecule has 0 aromatic heterocycles. The van der Waals surface area contributed by atoms with Gasteiger partial charge in [-0.1, -0.05) is 0 Å². The summed E-state index contributed by atoms with van der Waals surface area (Å²) in [6, 6.07) is 0. The Morgan fingerprint density at radius 1 is 1.56 bits per heavy atom. The van der Waals surface area contributed by atoms with E-state index in [2.05, 4.69) is 4.84 Å². The molecule has 1 saturated heterocycles. The third-order valence-electron chi connectivity index (χ3n) is 2.08. The van der Waals surface area contributed by atoms with Crippen LogP contribution >= 0.6 is 0 Å². The molecule has 92 valence electrons. The summed E-state index contributed by atoms with van der Waals surface area (Å²) >= 11 is 0. The topological polar surface area (TPSA) is 88.5 Å². The van der Waals surface area contributed by atoms with Gasteiger partial charge in [-0.15, -0.1) is 0 Å². The number of nitrogens with zero attached hydrogens (tertiary/aromatic N) is 2. The normalized spacial score (nSPS) is 20.9. The van der Waals surface area contributed by atoms with Gasteiger partial charge in [0.15, 0.2) is 6.10 Å². The van der Waals surface area contributed by atoms with E-state index >= 15 is 0 Å². The van der Waals surface area contributed by atoms with E-state index in [9.17, 15) is 9.59 Å². The maximum Gasteiger partial charge on any atom is 0.407 e. The second-order valence-corrected chi connectivity index (χ2v) is 3.12. The largest absolute Gasteiger partial charge is 0.465 e. The zero-order chi connectivity index (χ0) is 12.1. The van der Waals surface area contributed by atoms with Crippen LogP contribution in [-0.2, 0) is 19.2 Å². The molecule has 0 saturated carbocycles. The van der Waals surface area contributed by atoms with E-state index in [1.165, 1.54) is 14.2 Å². The molecule has 0 spiro atoms. The Hall–Kier alpha value is -1.38. The quantitative estimate of drug-likeness (QED) is 0.647. The van der Waals surface area contributed by atoms with Crippen molar-refractivity contribution in [3.8, 4) is 0 Å². The standard InChI is InChI=1S/C8H14N2O6/c1-9(14-2)16-7(11)6-5-10(8(12)13)3-4-15-6/h6H,3-5H2,1-2H3,(H,12,13). The maximum atomic E-state index is 11.4. The van der Waals surface area contributed by atoms with Crippen LogP contribution < -0.4 is 0 Å². The monoisotopic (exact) mass is 234 g/mol. The molecule has 0 radical (unpaired) electrons. The Labute approximate surface area is 92.2 Å². The Kier molecular flexibility index (Phi) is 4.47. The molecule has 8 heteroatoms. The second kappa shape index (κ2) is 5.64. The predicted octanol–water partition coefficient (Wildman–Crippen LogP) is -0.683. The summed E-state index contributed by atoms with van der Waals surface area (Å²) < 4.78 is 5.10. The van der Waals surface area contributed by atoms with E-state index in [4.69, 9.17) is 14.7 Å². The molecule has 1 heterocycles.